The van der Waals surface area contributed by atoms with Gasteiger partial charge in [0.25, 0.3) is 0 Å². The van der Waals surface area contributed by atoms with Crippen molar-refractivity contribution in [3.05, 3.63) is 0 Å². The van der Waals surface area contributed by atoms with Crippen molar-refractivity contribution in [1.82, 2.24) is 4.90 Å². The van der Waals surface area contributed by atoms with Gasteiger partial charge in [-0.05, 0) is 25.1 Å². The summed E-state index contributed by atoms with van der Waals surface area (Å²) in [5, 5.41) is 0. The van der Waals surface area contributed by atoms with E-state index >= 15 is 0 Å². The Labute approximate surface area is 74.5 Å². The molecule has 1 aliphatic rings. The molecule has 0 N–H and O–H groups in total. The van der Waals surface area contributed by atoms with Gasteiger partial charge in [-0.1, -0.05) is 13.8 Å². The molecule has 0 aromatic heterocycles. The average Bonchev–Trinajstić information content (AvgIpc) is 2.55. The van der Waals surface area contributed by atoms with Crippen LogP contribution in [0, 0.1) is 5.41 Å². The number of thioether (sulfide) groups is 1. The molecule has 0 heterocycles. The molecule has 0 spiro atoms. The molecule has 2 heteroatoms. The Morgan fingerprint density at radius 1 is 1.55 bits per heavy atom. The molecule has 0 radical (unpaired) electrons. The maximum absolute atomic E-state index is 2.50. The first-order chi connectivity index (χ1) is 5.08. The molecule has 1 nitrogen and oxygen atoms in total. The van der Waals surface area contributed by atoms with Gasteiger partial charge in [-0.3, -0.25) is 0 Å². The minimum absolute atomic E-state index is 0.604. The van der Waals surface area contributed by atoms with E-state index in [0.717, 1.165) is 6.04 Å². The monoisotopic (exact) mass is 173 g/mol. The van der Waals surface area contributed by atoms with Crippen molar-refractivity contribution in [3.8, 4) is 0 Å². The summed E-state index contributed by atoms with van der Waals surface area (Å²) in [4.78, 5) is 2.50. The third-order valence-electron chi connectivity index (χ3n) is 2.64. The van der Waals surface area contributed by atoms with Gasteiger partial charge in [0.05, 0.1) is 0 Å². The second-order valence-electron chi connectivity index (χ2n) is 4.18. The summed E-state index contributed by atoms with van der Waals surface area (Å²) in [6.45, 7) is 5.95. The van der Waals surface area contributed by atoms with Gasteiger partial charge in [0.15, 0.2) is 0 Å². The van der Waals surface area contributed by atoms with Gasteiger partial charge in [0.2, 0.25) is 0 Å². The maximum atomic E-state index is 2.50. The lowest BCUT2D eigenvalue weighted by Crippen LogP contribution is -2.26. The third kappa shape index (κ3) is 2.38. The molecule has 0 saturated heterocycles. The van der Waals surface area contributed by atoms with Crippen molar-refractivity contribution in [1.29, 1.82) is 0 Å². The van der Waals surface area contributed by atoms with Crippen LogP contribution in [0.1, 0.15) is 20.3 Å². The molecular formula is C9H19NS. The Kier molecular flexibility index (Phi) is 2.87. The minimum atomic E-state index is 0.604. The Morgan fingerprint density at radius 2 is 2.09 bits per heavy atom. The van der Waals surface area contributed by atoms with Crippen LogP contribution in [0.5, 0.6) is 0 Å². The highest BCUT2D eigenvalue weighted by molar-refractivity contribution is 7.98. The lowest BCUT2D eigenvalue weighted by atomic mass is 10.2. The topological polar surface area (TPSA) is 3.24 Å². The third-order valence-corrected chi connectivity index (χ3v) is 3.23. The molecule has 1 aliphatic carbocycles. The van der Waals surface area contributed by atoms with Crippen LogP contribution < -0.4 is 0 Å². The van der Waals surface area contributed by atoms with E-state index in [-0.39, 0.29) is 0 Å². The van der Waals surface area contributed by atoms with E-state index in [1.54, 1.807) is 0 Å². The summed E-state index contributed by atoms with van der Waals surface area (Å²) in [5.41, 5.74) is 0.604. The number of nitrogens with zero attached hydrogens (tertiary/aromatic N) is 1. The van der Waals surface area contributed by atoms with E-state index in [1.807, 2.05) is 11.8 Å². The zero-order valence-electron chi connectivity index (χ0n) is 8.05. The highest BCUT2D eigenvalue weighted by Crippen LogP contribution is 2.47. The molecule has 0 amide bonds. The van der Waals surface area contributed by atoms with E-state index in [1.165, 1.54) is 18.7 Å². The first kappa shape index (κ1) is 9.40. The van der Waals surface area contributed by atoms with Crippen LogP contribution in [0.4, 0.5) is 0 Å². The predicted molar refractivity (Wildman–Crippen MR) is 53.2 cm³/mol. The summed E-state index contributed by atoms with van der Waals surface area (Å²) in [7, 11) is 2.25. The quantitative estimate of drug-likeness (QED) is 0.640. The van der Waals surface area contributed by atoms with Gasteiger partial charge in [-0.15, -0.1) is 0 Å². The molecular weight excluding hydrogens is 154 g/mol. The van der Waals surface area contributed by atoms with Gasteiger partial charge in [-0.25, -0.2) is 0 Å². The smallest absolute Gasteiger partial charge is 0.0150 e. The van der Waals surface area contributed by atoms with Crippen LogP contribution in [0.15, 0.2) is 0 Å². The molecule has 0 bridgehead atoms. The van der Waals surface area contributed by atoms with Gasteiger partial charge < -0.3 is 4.90 Å². The Bertz CT molecular complexity index is 134. The number of hydrogen-bond donors (Lipinski definition) is 0. The van der Waals surface area contributed by atoms with E-state index in [0.29, 0.717) is 5.41 Å². The molecule has 1 rings (SSSR count). The Balaban J connectivity index is 2.17. The first-order valence-corrected chi connectivity index (χ1v) is 5.66. The lowest BCUT2D eigenvalue weighted by Gasteiger charge is -2.17. The van der Waals surface area contributed by atoms with E-state index in [4.69, 9.17) is 0 Å². The highest BCUT2D eigenvalue weighted by Gasteiger charge is 2.47. The van der Waals surface area contributed by atoms with Crippen molar-refractivity contribution in [2.24, 2.45) is 5.41 Å². The van der Waals surface area contributed by atoms with Crippen LogP contribution in [0.3, 0.4) is 0 Å². The fourth-order valence-corrected chi connectivity index (χ4v) is 2.05. The van der Waals surface area contributed by atoms with Crippen molar-refractivity contribution in [2.75, 3.05) is 25.6 Å². The largest absolute Gasteiger partial charge is 0.302 e. The molecule has 0 aromatic carbocycles. The van der Waals surface area contributed by atoms with Gasteiger partial charge in [-0.2, -0.15) is 11.8 Å². The van der Waals surface area contributed by atoms with Crippen LogP contribution in [-0.4, -0.2) is 36.5 Å². The van der Waals surface area contributed by atoms with Gasteiger partial charge in [0, 0.05) is 18.3 Å². The second-order valence-corrected chi connectivity index (χ2v) is 5.17. The predicted octanol–water partition coefficient (Wildman–Crippen LogP) is 2.08. The molecule has 1 saturated carbocycles. The van der Waals surface area contributed by atoms with Crippen molar-refractivity contribution >= 4 is 11.8 Å². The highest BCUT2D eigenvalue weighted by atomic mass is 32.2. The maximum Gasteiger partial charge on any atom is 0.0150 e. The molecule has 0 aromatic rings. The molecule has 0 aliphatic heterocycles. The number of rotatable bonds is 4. The van der Waals surface area contributed by atoms with Crippen LogP contribution in [-0.2, 0) is 0 Å². The average molecular weight is 173 g/mol. The molecule has 1 fully saturated rings. The standard InChI is InChI=1S/C9H19NS/c1-9(2)7-8(9)10(3)5-6-11-4/h8H,5-7H2,1-4H3. The van der Waals surface area contributed by atoms with Crippen LogP contribution in [0.25, 0.3) is 0 Å². The van der Waals surface area contributed by atoms with Crippen LogP contribution >= 0.6 is 11.8 Å². The fourth-order valence-electron chi connectivity index (χ4n) is 1.58. The number of hydrogen-bond acceptors (Lipinski definition) is 2. The van der Waals surface area contributed by atoms with E-state index < -0.39 is 0 Å². The summed E-state index contributed by atoms with van der Waals surface area (Å²) in [5.74, 6) is 1.27. The zero-order chi connectivity index (χ0) is 8.48. The van der Waals surface area contributed by atoms with E-state index in [2.05, 4.69) is 32.1 Å². The Hall–Kier alpha value is 0.310. The van der Waals surface area contributed by atoms with Crippen molar-refractivity contribution in [3.63, 3.8) is 0 Å². The summed E-state index contributed by atoms with van der Waals surface area (Å²) < 4.78 is 0. The normalized spacial score (nSPS) is 27.5. The van der Waals surface area contributed by atoms with Gasteiger partial charge >= 0.3 is 0 Å². The molecule has 1 atom stereocenters. The molecule has 1 unspecified atom stereocenters. The Morgan fingerprint density at radius 3 is 2.45 bits per heavy atom. The van der Waals surface area contributed by atoms with Gasteiger partial charge in [0.1, 0.15) is 0 Å². The van der Waals surface area contributed by atoms with Crippen LogP contribution in [0.2, 0.25) is 0 Å². The minimum Gasteiger partial charge on any atom is -0.302 e. The fraction of sp³-hybridized carbons (Fsp3) is 1.00. The summed E-state index contributed by atoms with van der Waals surface area (Å²) in [6.07, 6.45) is 3.56. The first-order valence-electron chi connectivity index (χ1n) is 4.27. The zero-order valence-corrected chi connectivity index (χ0v) is 8.87. The lowest BCUT2D eigenvalue weighted by molar-refractivity contribution is 0.304. The molecule has 66 valence electrons. The summed E-state index contributed by atoms with van der Waals surface area (Å²) in [6, 6.07) is 0.856. The summed E-state index contributed by atoms with van der Waals surface area (Å²) >= 11 is 1.93. The van der Waals surface area contributed by atoms with E-state index in [9.17, 15) is 0 Å². The van der Waals surface area contributed by atoms with Crippen molar-refractivity contribution in [2.45, 2.75) is 26.3 Å². The van der Waals surface area contributed by atoms with Crippen molar-refractivity contribution < 1.29 is 0 Å². The second kappa shape index (κ2) is 3.36. The molecule has 11 heavy (non-hydrogen) atoms. The SMILES string of the molecule is CSCCN(C)C1CC1(C)C.